The molecule has 0 saturated heterocycles. The predicted octanol–water partition coefficient (Wildman–Crippen LogP) is 4.28. The first kappa shape index (κ1) is 21.9. The molecule has 0 heterocycles. The Labute approximate surface area is 168 Å². The molecule has 0 bridgehead atoms. The van der Waals surface area contributed by atoms with Crippen molar-refractivity contribution in [1.82, 2.24) is 4.90 Å². The fraction of sp³-hybridized carbons (Fsp3) is 0.636. The molecule has 2 rings (SSSR count). The molecule has 0 aromatic heterocycles. The molecule has 6 heteroatoms. The molecule has 0 N–H and O–H groups in total. The number of rotatable bonds is 7. The molecule has 2 atom stereocenters. The van der Waals surface area contributed by atoms with E-state index in [0.717, 1.165) is 19.3 Å². The van der Waals surface area contributed by atoms with Crippen LogP contribution in [0.25, 0.3) is 0 Å². The third-order valence-electron chi connectivity index (χ3n) is 5.44. The van der Waals surface area contributed by atoms with E-state index >= 15 is 0 Å². The summed E-state index contributed by atoms with van der Waals surface area (Å²) in [6.45, 7) is 7.16. The molecule has 2 unspecified atom stereocenters. The van der Waals surface area contributed by atoms with Gasteiger partial charge in [-0.15, -0.1) is 0 Å². The van der Waals surface area contributed by atoms with Gasteiger partial charge in [0.15, 0.2) is 11.5 Å². The summed E-state index contributed by atoms with van der Waals surface area (Å²) < 4.78 is 16.2. The van der Waals surface area contributed by atoms with Gasteiger partial charge < -0.3 is 19.1 Å². The smallest absolute Gasteiger partial charge is 0.254 e. The van der Waals surface area contributed by atoms with E-state index in [1.807, 2.05) is 4.90 Å². The number of nitriles is 1. The van der Waals surface area contributed by atoms with Gasteiger partial charge in [-0.2, -0.15) is 5.26 Å². The van der Waals surface area contributed by atoms with E-state index < -0.39 is 0 Å². The number of amides is 1. The van der Waals surface area contributed by atoms with Crippen LogP contribution >= 0.6 is 0 Å². The van der Waals surface area contributed by atoms with Crippen LogP contribution in [0.15, 0.2) is 12.1 Å². The van der Waals surface area contributed by atoms with E-state index in [9.17, 15) is 4.79 Å². The number of ether oxygens (including phenoxy) is 3. The monoisotopic (exact) mass is 388 g/mol. The van der Waals surface area contributed by atoms with Crippen molar-refractivity contribution in [2.45, 2.75) is 52.5 Å². The minimum Gasteiger partial charge on any atom is -0.493 e. The van der Waals surface area contributed by atoms with Crippen LogP contribution < -0.4 is 14.2 Å². The first-order valence-electron chi connectivity index (χ1n) is 9.74. The summed E-state index contributed by atoms with van der Waals surface area (Å²) in [4.78, 5) is 15.3. The Bertz CT molecular complexity index is 714. The molecule has 154 valence electrons. The van der Waals surface area contributed by atoms with E-state index in [4.69, 9.17) is 19.5 Å². The first-order chi connectivity index (χ1) is 13.3. The quantitative estimate of drug-likeness (QED) is 0.697. The van der Waals surface area contributed by atoms with Crippen LogP contribution in [0.1, 0.15) is 56.8 Å². The van der Waals surface area contributed by atoms with Gasteiger partial charge in [0.05, 0.1) is 33.8 Å². The van der Waals surface area contributed by atoms with Gasteiger partial charge in [0.25, 0.3) is 5.91 Å². The van der Waals surface area contributed by atoms with Crippen molar-refractivity contribution in [2.75, 3.05) is 27.9 Å². The molecule has 28 heavy (non-hydrogen) atoms. The highest BCUT2D eigenvalue weighted by Gasteiger charge is 2.37. The molecule has 0 aliphatic heterocycles. The second-order valence-electron chi connectivity index (χ2n) is 8.39. The van der Waals surface area contributed by atoms with Crippen LogP contribution in [-0.2, 0) is 0 Å². The summed E-state index contributed by atoms with van der Waals surface area (Å²) in [5, 5.41) is 9.11. The first-order valence-corrected chi connectivity index (χ1v) is 9.74. The van der Waals surface area contributed by atoms with Gasteiger partial charge in [-0.05, 0) is 42.7 Å². The summed E-state index contributed by atoms with van der Waals surface area (Å²) in [5.41, 5.74) is 0.645. The molecule has 1 aromatic carbocycles. The average Bonchev–Trinajstić information content (AvgIpc) is 2.65. The Balaban J connectivity index is 2.41. The minimum absolute atomic E-state index is 0.107. The number of benzene rings is 1. The fourth-order valence-corrected chi connectivity index (χ4v) is 4.52. The molecule has 1 aliphatic rings. The topological polar surface area (TPSA) is 71.8 Å². The van der Waals surface area contributed by atoms with E-state index in [1.165, 1.54) is 21.3 Å². The highest BCUT2D eigenvalue weighted by Crippen LogP contribution is 2.42. The Kier molecular flexibility index (Phi) is 7.17. The largest absolute Gasteiger partial charge is 0.493 e. The molecule has 1 saturated carbocycles. The number of carbonyl (C=O) groups excluding carboxylic acids is 1. The maximum Gasteiger partial charge on any atom is 0.254 e. The van der Waals surface area contributed by atoms with E-state index in [0.29, 0.717) is 41.7 Å². The van der Waals surface area contributed by atoms with Crippen molar-refractivity contribution in [1.29, 1.82) is 5.26 Å². The molecule has 6 nitrogen and oxygen atoms in total. The van der Waals surface area contributed by atoms with Crippen LogP contribution in [-0.4, -0.2) is 44.7 Å². The van der Waals surface area contributed by atoms with E-state index in [1.54, 1.807) is 12.1 Å². The zero-order valence-electron chi connectivity index (χ0n) is 17.9. The second kappa shape index (κ2) is 9.18. The number of methoxy groups -OCH3 is 3. The van der Waals surface area contributed by atoms with Gasteiger partial charge in [0.1, 0.15) is 0 Å². The molecule has 1 amide bonds. The Morgan fingerprint density at radius 3 is 2.25 bits per heavy atom. The van der Waals surface area contributed by atoms with Crippen molar-refractivity contribution in [3.63, 3.8) is 0 Å². The maximum atomic E-state index is 13.5. The summed E-state index contributed by atoms with van der Waals surface area (Å²) in [5.74, 6) is 1.78. The van der Waals surface area contributed by atoms with Crippen LogP contribution in [0.2, 0.25) is 0 Å². The van der Waals surface area contributed by atoms with Gasteiger partial charge in [-0.3, -0.25) is 4.79 Å². The SMILES string of the molecule is COc1cc(C(=O)N(CCC#N)C2CC(C)CC(C)(C)C2)cc(OC)c1OC. The Morgan fingerprint density at radius 2 is 1.79 bits per heavy atom. The zero-order chi connectivity index (χ0) is 20.9. The lowest BCUT2D eigenvalue weighted by Crippen LogP contribution is -2.46. The average molecular weight is 389 g/mol. The molecule has 1 aliphatic carbocycles. The number of carbonyl (C=O) groups is 1. The lowest BCUT2D eigenvalue weighted by atomic mass is 9.70. The van der Waals surface area contributed by atoms with E-state index in [2.05, 4.69) is 26.8 Å². The number of hydrogen-bond acceptors (Lipinski definition) is 5. The van der Waals surface area contributed by atoms with Crippen LogP contribution in [0.5, 0.6) is 17.2 Å². The standard InChI is InChI=1S/C22H32N2O4/c1-15-10-17(14-22(2,3)13-15)24(9-7-8-23)21(25)16-11-18(26-4)20(28-6)19(12-16)27-5/h11-12,15,17H,7,9-10,13-14H2,1-6H3. The fourth-order valence-electron chi connectivity index (χ4n) is 4.52. The molecule has 0 radical (unpaired) electrons. The molecule has 1 fully saturated rings. The van der Waals surface area contributed by atoms with E-state index in [-0.39, 0.29) is 17.4 Å². The highest BCUT2D eigenvalue weighted by molar-refractivity contribution is 5.96. The zero-order valence-corrected chi connectivity index (χ0v) is 17.9. The summed E-state index contributed by atoms with van der Waals surface area (Å²) in [7, 11) is 4.60. The lowest BCUT2D eigenvalue weighted by molar-refractivity contribution is 0.0451. The summed E-state index contributed by atoms with van der Waals surface area (Å²) in [6.07, 6.45) is 3.33. The molecular weight excluding hydrogens is 356 g/mol. The van der Waals surface area contributed by atoms with Crippen molar-refractivity contribution in [3.05, 3.63) is 17.7 Å². The molecule has 1 aromatic rings. The predicted molar refractivity (Wildman–Crippen MR) is 108 cm³/mol. The minimum atomic E-state index is -0.107. The summed E-state index contributed by atoms with van der Waals surface area (Å²) in [6, 6.07) is 5.65. The van der Waals surface area contributed by atoms with Crippen molar-refractivity contribution in [2.24, 2.45) is 11.3 Å². The van der Waals surface area contributed by atoms with Gasteiger partial charge in [-0.1, -0.05) is 20.8 Å². The van der Waals surface area contributed by atoms with Gasteiger partial charge in [-0.25, -0.2) is 0 Å². The van der Waals surface area contributed by atoms with Crippen LogP contribution in [0.3, 0.4) is 0 Å². The Hall–Kier alpha value is -2.42. The Morgan fingerprint density at radius 1 is 1.18 bits per heavy atom. The molecular formula is C22H32N2O4. The van der Waals surface area contributed by atoms with Gasteiger partial charge >= 0.3 is 0 Å². The van der Waals surface area contributed by atoms with Crippen molar-refractivity contribution < 1.29 is 19.0 Å². The number of nitrogens with zero attached hydrogens (tertiary/aromatic N) is 2. The summed E-state index contributed by atoms with van der Waals surface area (Å²) >= 11 is 0. The normalized spacial score (nSPS) is 20.8. The third kappa shape index (κ3) is 4.89. The van der Waals surface area contributed by atoms with Crippen molar-refractivity contribution >= 4 is 5.91 Å². The van der Waals surface area contributed by atoms with Gasteiger partial charge in [0, 0.05) is 18.2 Å². The highest BCUT2D eigenvalue weighted by atomic mass is 16.5. The lowest BCUT2D eigenvalue weighted by Gasteiger charge is -2.44. The number of hydrogen-bond donors (Lipinski definition) is 0. The second-order valence-corrected chi connectivity index (χ2v) is 8.39. The van der Waals surface area contributed by atoms with Crippen molar-refractivity contribution in [3.8, 4) is 23.3 Å². The third-order valence-corrected chi connectivity index (χ3v) is 5.44. The van der Waals surface area contributed by atoms with Crippen LogP contribution in [0.4, 0.5) is 0 Å². The maximum absolute atomic E-state index is 13.5. The van der Waals surface area contributed by atoms with Gasteiger partial charge in [0.2, 0.25) is 5.75 Å². The molecule has 0 spiro atoms. The van der Waals surface area contributed by atoms with Crippen LogP contribution in [0, 0.1) is 22.7 Å².